The van der Waals surface area contributed by atoms with Crippen LogP contribution in [0.15, 0.2) is 36.4 Å². The number of ether oxygens (including phenoxy) is 1. The Bertz CT molecular complexity index is 904. The van der Waals surface area contributed by atoms with Crippen LogP contribution in [-0.2, 0) is 28.0 Å². The highest BCUT2D eigenvalue weighted by molar-refractivity contribution is 7.13. The van der Waals surface area contributed by atoms with E-state index >= 15 is 0 Å². The van der Waals surface area contributed by atoms with Gasteiger partial charge >= 0.3 is 11.9 Å². The first kappa shape index (κ1) is 20.1. The molecular weight excluding hydrogens is 388 g/mol. The van der Waals surface area contributed by atoms with Crippen LogP contribution in [0.5, 0.6) is 0 Å². The third-order valence-electron chi connectivity index (χ3n) is 5.97. The summed E-state index contributed by atoms with van der Waals surface area (Å²) < 4.78 is 6.00. The first-order valence-corrected chi connectivity index (χ1v) is 10.8. The molecule has 2 heterocycles. The van der Waals surface area contributed by atoms with E-state index in [1.807, 2.05) is 18.2 Å². The predicted octanol–water partition coefficient (Wildman–Crippen LogP) is 3.02. The number of nitrogens with zero attached hydrogens (tertiary/aromatic N) is 1. The topological polar surface area (TPSA) is 78.9 Å². The van der Waals surface area contributed by atoms with Crippen molar-refractivity contribution in [1.82, 2.24) is 10.2 Å². The number of carboxylic acid groups (broad SMARTS) is 1. The molecule has 7 heteroatoms. The van der Waals surface area contributed by atoms with E-state index < -0.39 is 11.5 Å². The first-order valence-electron chi connectivity index (χ1n) is 10.0. The highest BCUT2D eigenvalue weighted by Gasteiger charge is 2.47. The van der Waals surface area contributed by atoms with Crippen LogP contribution in [0.25, 0.3) is 0 Å². The van der Waals surface area contributed by atoms with Crippen molar-refractivity contribution in [3.63, 3.8) is 0 Å². The summed E-state index contributed by atoms with van der Waals surface area (Å²) in [5.74, 6) is -1.14. The lowest BCUT2D eigenvalue weighted by molar-refractivity contribution is -0.160. The molecule has 1 aliphatic carbocycles. The maximum Gasteiger partial charge on any atom is 0.345 e. The van der Waals surface area contributed by atoms with Gasteiger partial charge in [-0.3, -0.25) is 5.32 Å². The summed E-state index contributed by atoms with van der Waals surface area (Å²) >= 11 is 1.23. The lowest BCUT2D eigenvalue weighted by Gasteiger charge is -2.34. The van der Waals surface area contributed by atoms with Crippen LogP contribution in [-0.4, -0.2) is 48.2 Å². The number of hydrogen-bond donors (Lipinski definition) is 2. The summed E-state index contributed by atoms with van der Waals surface area (Å²) in [5.41, 5.74) is 1.26. The van der Waals surface area contributed by atoms with Gasteiger partial charge in [-0.1, -0.05) is 24.3 Å². The smallest absolute Gasteiger partial charge is 0.345 e. The Morgan fingerprint density at radius 2 is 2.00 bits per heavy atom. The Balaban J connectivity index is 1.55. The summed E-state index contributed by atoms with van der Waals surface area (Å²) in [6, 6.07) is 11.4. The standard InChI is InChI=1S/C22H26N2O4S/c1-24-12-9-16(10-13-24)28-21(27)22(11-8-15-4-2-3-5-18(15)22)23-14-17-6-7-19(29-17)20(25)26/h2-7,16,23H,8-14H2,1H3,(H,25,26). The van der Waals surface area contributed by atoms with E-state index in [9.17, 15) is 9.59 Å². The van der Waals surface area contributed by atoms with Crippen molar-refractivity contribution in [3.05, 3.63) is 57.3 Å². The van der Waals surface area contributed by atoms with E-state index in [1.165, 1.54) is 11.3 Å². The molecular formula is C22H26N2O4S. The third-order valence-corrected chi connectivity index (χ3v) is 7.04. The second-order valence-electron chi connectivity index (χ2n) is 7.90. The molecule has 1 saturated heterocycles. The van der Waals surface area contributed by atoms with Gasteiger partial charge in [0.15, 0.2) is 0 Å². The monoisotopic (exact) mass is 414 g/mol. The summed E-state index contributed by atoms with van der Waals surface area (Å²) in [4.78, 5) is 28.0. The lowest BCUT2D eigenvalue weighted by atomic mass is 9.91. The van der Waals surface area contributed by atoms with E-state index in [4.69, 9.17) is 9.84 Å². The summed E-state index contributed by atoms with van der Waals surface area (Å²) in [7, 11) is 2.08. The summed E-state index contributed by atoms with van der Waals surface area (Å²) in [6.45, 7) is 2.29. The molecule has 0 bridgehead atoms. The molecule has 1 atom stereocenters. The van der Waals surface area contributed by atoms with Crippen molar-refractivity contribution < 1.29 is 19.4 Å². The van der Waals surface area contributed by atoms with Crippen LogP contribution < -0.4 is 5.32 Å². The molecule has 154 valence electrons. The maximum absolute atomic E-state index is 13.4. The van der Waals surface area contributed by atoms with E-state index in [-0.39, 0.29) is 12.1 Å². The number of benzene rings is 1. The van der Waals surface area contributed by atoms with Gasteiger partial charge in [0.2, 0.25) is 0 Å². The van der Waals surface area contributed by atoms with Crippen molar-refractivity contribution in [1.29, 1.82) is 0 Å². The zero-order valence-corrected chi connectivity index (χ0v) is 17.3. The van der Waals surface area contributed by atoms with Gasteiger partial charge in [-0.05, 0) is 56.0 Å². The number of aromatic carboxylic acids is 1. The van der Waals surface area contributed by atoms with Gasteiger partial charge in [-0.15, -0.1) is 11.3 Å². The van der Waals surface area contributed by atoms with Gasteiger partial charge in [0.05, 0.1) is 0 Å². The molecule has 0 amide bonds. The van der Waals surface area contributed by atoms with E-state index in [0.29, 0.717) is 17.8 Å². The fourth-order valence-electron chi connectivity index (χ4n) is 4.26. The number of esters is 1. The number of likely N-dealkylation sites (tertiary alicyclic amines) is 1. The molecule has 0 saturated carbocycles. The number of rotatable bonds is 6. The number of thiophene rings is 1. The molecule has 6 nitrogen and oxygen atoms in total. The van der Waals surface area contributed by atoms with Crippen LogP contribution in [0.2, 0.25) is 0 Å². The second-order valence-corrected chi connectivity index (χ2v) is 9.06. The molecule has 2 aliphatic rings. The van der Waals surface area contributed by atoms with Crippen LogP contribution in [0.1, 0.15) is 44.9 Å². The third kappa shape index (κ3) is 4.08. The first-order chi connectivity index (χ1) is 14.0. The molecule has 1 aromatic heterocycles. The molecule has 2 N–H and O–H groups in total. The van der Waals surface area contributed by atoms with Crippen LogP contribution in [0.4, 0.5) is 0 Å². The van der Waals surface area contributed by atoms with Crippen molar-refractivity contribution in [3.8, 4) is 0 Å². The molecule has 29 heavy (non-hydrogen) atoms. The lowest BCUT2D eigenvalue weighted by Crippen LogP contribution is -2.50. The predicted molar refractivity (Wildman–Crippen MR) is 111 cm³/mol. The number of piperidine rings is 1. The Morgan fingerprint density at radius 1 is 1.24 bits per heavy atom. The van der Waals surface area contributed by atoms with E-state index in [0.717, 1.165) is 48.4 Å². The minimum absolute atomic E-state index is 0.0505. The number of carboxylic acids is 1. The quantitative estimate of drug-likeness (QED) is 0.708. The average molecular weight is 415 g/mol. The largest absolute Gasteiger partial charge is 0.477 e. The van der Waals surface area contributed by atoms with Crippen molar-refractivity contribution in [2.75, 3.05) is 20.1 Å². The molecule has 1 unspecified atom stereocenters. The Morgan fingerprint density at radius 3 is 2.72 bits per heavy atom. The number of fused-ring (bicyclic) bond motifs is 1. The van der Waals surface area contributed by atoms with Crippen LogP contribution in [0.3, 0.4) is 0 Å². The Hall–Kier alpha value is -2.22. The molecule has 0 radical (unpaired) electrons. The van der Waals surface area contributed by atoms with E-state index in [2.05, 4.69) is 23.3 Å². The SMILES string of the molecule is CN1CCC(OC(=O)C2(NCc3ccc(C(=O)O)s3)CCc3ccccc32)CC1. The Kier molecular flexibility index (Phi) is 5.72. The van der Waals surface area contributed by atoms with Gasteiger partial charge in [-0.25, -0.2) is 9.59 Å². The summed E-state index contributed by atoms with van der Waals surface area (Å²) in [5, 5.41) is 12.6. The number of carbonyl (C=O) groups excluding carboxylic acids is 1. The highest BCUT2D eigenvalue weighted by atomic mass is 32.1. The molecule has 1 aromatic carbocycles. The average Bonchev–Trinajstić information content (AvgIpc) is 3.34. The number of nitrogens with one attached hydrogen (secondary N) is 1. The van der Waals surface area contributed by atoms with Gasteiger partial charge in [0.1, 0.15) is 16.5 Å². The maximum atomic E-state index is 13.4. The zero-order chi connectivity index (χ0) is 20.4. The molecule has 0 spiro atoms. The molecule has 1 aliphatic heterocycles. The Labute approximate surface area is 174 Å². The van der Waals surface area contributed by atoms with Crippen molar-refractivity contribution in [2.24, 2.45) is 0 Å². The summed E-state index contributed by atoms with van der Waals surface area (Å²) in [6.07, 6.45) is 3.12. The van der Waals surface area contributed by atoms with Gasteiger partial charge in [0, 0.05) is 24.5 Å². The van der Waals surface area contributed by atoms with Gasteiger partial charge < -0.3 is 14.7 Å². The zero-order valence-electron chi connectivity index (χ0n) is 16.5. The van der Waals surface area contributed by atoms with Crippen molar-refractivity contribution >= 4 is 23.3 Å². The minimum atomic E-state index is -0.927. The van der Waals surface area contributed by atoms with Gasteiger partial charge in [-0.2, -0.15) is 0 Å². The molecule has 4 rings (SSSR count). The fraction of sp³-hybridized carbons (Fsp3) is 0.455. The van der Waals surface area contributed by atoms with Crippen LogP contribution in [0, 0.1) is 0 Å². The normalized spacial score (nSPS) is 22.4. The second kappa shape index (κ2) is 8.26. The number of hydrogen-bond acceptors (Lipinski definition) is 6. The molecule has 1 fully saturated rings. The van der Waals surface area contributed by atoms with Gasteiger partial charge in [0.25, 0.3) is 0 Å². The van der Waals surface area contributed by atoms with E-state index in [1.54, 1.807) is 12.1 Å². The fourth-order valence-corrected chi connectivity index (χ4v) is 5.05. The minimum Gasteiger partial charge on any atom is -0.477 e. The molecule has 2 aromatic rings. The number of aryl methyl sites for hydroxylation is 1. The van der Waals surface area contributed by atoms with Crippen molar-refractivity contribution in [2.45, 2.75) is 43.9 Å². The highest BCUT2D eigenvalue weighted by Crippen LogP contribution is 2.39. The van der Waals surface area contributed by atoms with Crippen LogP contribution >= 0.6 is 11.3 Å². The number of carbonyl (C=O) groups is 2.